The van der Waals surface area contributed by atoms with Crippen LogP contribution in [0.5, 0.6) is 0 Å². The monoisotopic (exact) mass is 254 g/mol. The van der Waals surface area contributed by atoms with E-state index in [9.17, 15) is 0 Å². The van der Waals surface area contributed by atoms with Gasteiger partial charge in [0.2, 0.25) is 0 Å². The van der Waals surface area contributed by atoms with Gasteiger partial charge in [-0.2, -0.15) is 0 Å². The Labute approximate surface area is 115 Å². The summed E-state index contributed by atoms with van der Waals surface area (Å²) >= 11 is 0. The number of rotatable bonds is 3. The van der Waals surface area contributed by atoms with E-state index in [1.165, 1.54) is 5.56 Å². The van der Waals surface area contributed by atoms with Gasteiger partial charge in [0.1, 0.15) is 0 Å². The molecule has 2 heteroatoms. The predicted octanol–water partition coefficient (Wildman–Crippen LogP) is 3.87. The number of hydrogen-bond acceptors (Lipinski definition) is 2. The molecule has 1 unspecified atom stereocenters. The molecule has 1 aromatic heterocycles. The Bertz CT molecular complexity index is 556. The fourth-order valence-corrected chi connectivity index (χ4v) is 2.29. The molecule has 2 nitrogen and oxygen atoms in total. The average Bonchev–Trinajstić information content (AvgIpc) is 2.38. The van der Waals surface area contributed by atoms with E-state index in [1.54, 1.807) is 0 Å². The summed E-state index contributed by atoms with van der Waals surface area (Å²) in [5, 5.41) is 0. The molecular weight excluding hydrogens is 232 g/mol. The summed E-state index contributed by atoms with van der Waals surface area (Å²) in [4.78, 5) is 4.49. The van der Waals surface area contributed by atoms with Crippen LogP contribution in [0.15, 0.2) is 36.4 Å². The number of benzene rings is 1. The number of nitrogens with zero attached hydrogens (tertiary/aromatic N) is 1. The molecule has 2 N–H and O–H groups in total. The van der Waals surface area contributed by atoms with E-state index in [2.05, 4.69) is 49.2 Å². The van der Waals surface area contributed by atoms with E-state index < -0.39 is 0 Å². The molecule has 1 heterocycles. The smallest absolute Gasteiger partial charge is 0.0569 e. The molecule has 0 saturated heterocycles. The van der Waals surface area contributed by atoms with Crippen LogP contribution in [0.2, 0.25) is 0 Å². The molecule has 100 valence electrons. The highest BCUT2D eigenvalue weighted by molar-refractivity contribution is 5.36. The fraction of sp³-hybridized carbons (Fsp3) is 0.353. The molecule has 0 amide bonds. The van der Waals surface area contributed by atoms with Gasteiger partial charge in [0.15, 0.2) is 0 Å². The van der Waals surface area contributed by atoms with Gasteiger partial charge in [0.05, 0.1) is 6.04 Å². The van der Waals surface area contributed by atoms with Gasteiger partial charge in [0, 0.05) is 11.4 Å². The summed E-state index contributed by atoms with van der Waals surface area (Å²) in [7, 11) is 0. The maximum Gasteiger partial charge on any atom is 0.0569 e. The van der Waals surface area contributed by atoms with Crippen LogP contribution in [0, 0.1) is 13.8 Å². The summed E-state index contributed by atoms with van der Waals surface area (Å²) < 4.78 is 0. The lowest BCUT2D eigenvalue weighted by Gasteiger charge is -2.16. The minimum Gasteiger partial charge on any atom is -0.320 e. The Kier molecular flexibility index (Phi) is 4.01. The Morgan fingerprint density at radius 3 is 2.00 bits per heavy atom. The second kappa shape index (κ2) is 5.54. The first kappa shape index (κ1) is 13.8. The zero-order valence-electron chi connectivity index (χ0n) is 12.1. The molecule has 0 saturated carbocycles. The summed E-state index contributed by atoms with van der Waals surface area (Å²) in [5.74, 6) is 0.549. The first-order chi connectivity index (χ1) is 8.99. The molecule has 19 heavy (non-hydrogen) atoms. The molecule has 0 fully saturated rings. The zero-order valence-corrected chi connectivity index (χ0v) is 12.1. The van der Waals surface area contributed by atoms with Crippen molar-refractivity contribution in [2.45, 2.75) is 39.7 Å². The van der Waals surface area contributed by atoms with Crippen LogP contribution in [0.4, 0.5) is 0 Å². The molecule has 0 aliphatic rings. The fourth-order valence-electron chi connectivity index (χ4n) is 2.29. The molecule has 0 bridgehead atoms. The Hall–Kier alpha value is -1.67. The van der Waals surface area contributed by atoms with Crippen molar-refractivity contribution in [3.05, 3.63) is 64.5 Å². The van der Waals surface area contributed by atoms with Crippen LogP contribution in [-0.2, 0) is 0 Å². The third-order valence-corrected chi connectivity index (χ3v) is 3.56. The summed E-state index contributed by atoms with van der Waals surface area (Å²) in [5.41, 5.74) is 12.0. The van der Waals surface area contributed by atoms with Crippen molar-refractivity contribution >= 4 is 0 Å². The summed E-state index contributed by atoms with van der Waals surface area (Å²) in [6.45, 7) is 8.41. The van der Waals surface area contributed by atoms with Gasteiger partial charge >= 0.3 is 0 Å². The van der Waals surface area contributed by atoms with Crippen molar-refractivity contribution in [1.82, 2.24) is 4.98 Å². The van der Waals surface area contributed by atoms with Gasteiger partial charge in [-0.1, -0.05) is 44.2 Å². The van der Waals surface area contributed by atoms with Crippen LogP contribution < -0.4 is 5.73 Å². The largest absolute Gasteiger partial charge is 0.320 e. The van der Waals surface area contributed by atoms with Crippen LogP contribution in [0.25, 0.3) is 0 Å². The van der Waals surface area contributed by atoms with Gasteiger partial charge in [-0.15, -0.1) is 0 Å². The predicted molar refractivity (Wildman–Crippen MR) is 80.3 cm³/mol. The second-order valence-electron chi connectivity index (χ2n) is 5.43. The Morgan fingerprint density at radius 1 is 0.895 bits per heavy atom. The van der Waals surface area contributed by atoms with Crippen molar-refractivity contribution in [1.29, 1.82) is 0 Å². The van der Waals surface area contributed by atoms with E-state index >= 15 is 0 Å². The Morgan fingerprint density at radius 2 is 1.47 bits per heavy atom. The molecule has 2 rings (SSSR count). The van der Waals surface area contributed by atoms with Crippen LogP contribution >= 0.6 is 0 Å². The lowest BCUT2D eigenvalue weighted by atomic mass is 9.95. The van der Waals surface area contributed by atoms with Crippen molar-refractivity contribution in [2.75, 3.05) is 0 Å². The number of nitrogens with two attached hydrogens (primary N) is 1. The van der Waals surface area contributed by atoms with E-state index in [0.29, 0.717) is 5.92 Å². The summed E-state index contributed by atoms with van der Waals surface area (Å²) in [6.07, 6.45) is 0. The van der Waals surface area contributed by atoms with Crippen molar-refractivity contribution in [2.24, 2.45) is 5.73 Å². The standard InChI is InChI=1S/C17H22N2/c1-11(2)14-6-8-15(9-7-14)17(18)16-10-5-12(3)19-13(16)4/h5-11,17H,18H2,1-4H3. The molecule has 1 atom stereocenters. The van der Waals surface area contributed by atoms with Crippen LogP contribution in [0.3, 0.4) is 0 Å². The van der Waals surface area contributed by atoms with Crippen molar-refractivity contribution in [3.8, 4) is 0 Å². The normalized spacial score (nSPS) is 12.7. The van der Waals surface area contributed by atoms with Gasteiger partial charge < -0.3 is 5.73 Å². The number of aryl methyl sites for hydroxylation is 2. The maximum atomic E-state index is 6.35. The molecule has 0 aliphatic heterocycles. The quantitative estimate of drug-likeness (QED) is 0.903. The number of hydrogen-bond donors (Lipinski definition) is 1. The molecule has 2 aromatic rings. The first-order valence-electron chi connectivity index (χ1n) is 6.78. The third kappa shape index (κ3) is 3.02. The highest BCUT2D eigenvalue weighted by Crippen LogP contribution is 2.24. The van der Waals surface area contributed by atoms with Crippen molar-refractivity contribution in [3.63, 3.8) is 0 Å². The van der Waals surface area contributed by atoms with E-state index in [-0.39, 0.29) is 6.04 Å². The maximum absolute atomic E-state index is 6.35. The molecule has 0 aliphatic carbocycles. The SMILES string of the molecule is Cc1ccc(C(N)c2ccc(C(C)C)cc2)c(C)n1. The average molecular weight is 254 g/mol. The Balaban J connectivity index is 2.30. The minimum atomic E-state index is -0.102. The summed E-state index contributed by atoms with van der Waals surface area (Å²) in [6, 6.07) is 12.6. The van der Waals surface area contributed by atoms with Gasteiger partial charge in [0.25, 0.3) is 0 Å². The lowest BCUT2D eigenvalue weighted by molar-refractivity contribution is 0.833. The van der Waals surface area contributed by atoms with Crippen LogP contribution in [-0.4, -0.2) is 4.98 Å². The van der Waals surface area contributed by atoms with E-state index in [0.717, 1.165) is 22.5 Å². The molecular formula is C17H22N2. The van der Waals surface area contributed by atoms with Gasteiger partial charge in [-0.3, -0.25) is 4.98 Å². The first-order valence-corrected chi connectivity index (χ1v) is 6.78. The van der Waals surface area contributed by atoms with E-state index in [4.69, 9.17) is 5.73 Å². The van der Waals surface area contributed by atoms with Crippen molar-refractivity contribution < 1.29 is 0 Å². The number of pyridine rings is 1. The van der Waals surface area contributed by atoms with E-state index in [1.807, 2.05) is 19.9 Å². The van der Waals surface area contributed by atoms with Gasteiger partial charge in [-0.05, 0) is 42.5 Å². The third-order valence-electron chi connectivity index (χ3n) is 3.56. The number of aromatic nitrogens is 1. The molecule has 1 aromatic carbocycles. The second-order valence-corrected chi connectivity index (χ2v) is 5.43. The minimum absolute atomic E-state index is 0.102. The zero-order chi connectivity index (χ0) is 14.0. The van der Waals surface area contributed by atoms with Gasteiger partial charge in [-0.25, -0.2) is 0 Å². The lowest BCUT2D eigenvalue weighted by Crippen LogP contribution is -2.14. The topological polar surface area (TPSA) is 38.9 Å². The highest BCUT2D eigenvalue weighted by atomic mass is 14.7. The van der Waals surface area contributed by atoms with Crippen LogP contribution in [0.1, 0.15) is 53.9 Å². The highest BCUT2D eigenvalue weighted by Gasteiger charge is 2.12. The molecule has 0 radical (unpaired) electrons. The molecule has 0 spiro atoms.